The smallest absolute Gasteiger partial charge is 0.146 e. The zero-order chi connectivity index (χ0) is 14.0. The van der Waals surface area contributed by atoms with Crippen molar-refractivity contribution in [3.05, 3.63) is 33.8 Å². The maximum atomic E-state index is 14.2. The van der Waals surface area contributed by atoms with Crippen LogP contribution in [0, 0.1) is 17.6 Å². The molecule has 0 spiro atoms. The summed E-state index contributed by atoms with van der Waals surface area (Å²) >= 11 is 3.06. The van der Waals surface area contributed by atoms with Crippen molar-refractivity contribution in [3.63, 3.8) is 0 Å². The molecule has 1 aromatic rings. The molecule has 1 aromatic carbocycles. The number of rotatable bonds is 2. The standard InChI is InChI=1S/C15H19BrF2O/c1-2-10-4-3-8-15(19,9-7-10)13-12(17)6-5-11(16)14(13)18/h5-6,10,19H,2-4,7-9H2,1H3. The number of aliphatic hydroxyl groups is 1. The Hall–Kier alpha value is -0.480. The van der Waals surface area contributed by atoms with Gasteiger partial charge in [0.25, 0.3) is 0 Å². The molecule has 106 valence electrons. The summed E-state index contributed by atoms with van der Waals surface area (Å²) in [7, 11) is 0. The van der Waals surface area contributed by atoms with Gasteiger partial charge in [0, 0.05) is 0 Å². The molecular weight excluding hydrogens is 314 g/mol. The van der Waals surface area contributed by atoms with Gasteiger partial charge in [0.2, 0.25) is 0 Å². The van der Waals surface area contributed by atoms with E-state index < -0.39 is 17.2 Å². The molecule has 2 unspecified atom stereocenters. The van der Waals surface area contributed by atoms with Gasteiger partial charge in [-0.2, -0.15) is 0 Å². The molecule has 0 amide bonds. The second kappa shape index (κ2) is 5.88. The summed E-state index contributed by atoms with van der Waals surface area (Å²) in [4.78, 5) is 0. The highest BCUT2D eigenvalue weighted by Crippen LogP contribution is 2.41. The maximum absolute atomic E-state index is 14.2. The van der Waals surface area contributed by atoms with Gasteiger partial charge >= 0.3 is 0 Å². The number of benzene rings is 1. The molecule has 0 aromatic heterocycles. The Kier molecular flexibility index (Phi) is 4.62. The molecule has 0 saturated heterocycles. The molecule has 1 nitrogen and oxygen atoms in total. The monoisotopic (exact) mass is 332 g/mol. The molecular formula is C15H19BrF2O. The summed E-state index contributed by atoms with van der Waals surface area (Å²) in [5.74, 6) is -0.775. The van der Waals surface area contributed by atoms with E-state index in [0.717, 1.165) is 25.7 Å². The Bertz CT molecular complexity index is 464. The number of halogens is 3. The number of hydrogen-bond acceptors (Lipinski definition) is 1. The van der Waals surface area contributed by atoms with E-state index in [-0.39, 0.29) is 10.0 Å². The zero-order valence-corrected chi connectivity index (χ0v) is 12.6. The first kappa shape index (κ1) is 14.9. The summed E-state index contributed by atoms with van der Waals surface area (Å²) in [5.41, 5.74) is -1.54. The lowest BCUT2D eigenvalue weighted by molar-refractivity contribution is 0.0125. The molecule has 1 N–H and O–H groups in total. The second-order valence-electron chi connectivity index (χ2n) is 5.45. The summed E-state index contributed by atoms with van der Waals surface area (Å²) < 4.78 is 28.3. The Labute approximate surface area is 121 Å². The molecule has 2 rings (SSSR count). The molecule has 1 saturated carbocycles. The van der Waals surface area contributed by atoms with Crippen LogP contribution >= 0.6 is 15.9 Å². The predicted octanol–water partition coefficient (Wildman–Crippen LogP) is 4.91. The molecule has 0 heterocycles. The molecule has 1 aliphatic carbocycles. The van der Waals surface area contributed by atoms with E-state index in [2.05, 4.69) is 22.9 Å². The van der Waals surface area contributed by atoms with Gasteiger partial charge in [-0.3, -0.25) is 0 Å². The lowest BCUT2D eigenvalue weighted by Crippen LogP contribution is -2.28. The van der Waals surface area contributed by atoms with Crippen molar-refractivity contribution in [1.29, 1.82) is 0 Å². The van der Waals surface area contributed by atoms with E-state index >= 15 is 0 Å². The Balaban J connectivity index is 2.37. The van der Waals surface area contributed by atoms with Gasteiger partial charge in [-0.15, -0.1) is 0 Å². The third-order valence-electron chi connectivity index (χ3n) is 4.26. The van der Waals surface area contributed by atoms with Crippen LogP contribution in [-0.4, -0.2) is 5.11 Å². The quantitative estimate of drug-likeness (QED) is 0.603. The largest absolute Gasteiger partial charge is 0.385 e. The second-order valence-corrected chi connectivity index (χ2v) is 6.31. The highest BCUT2D eigenvalue weighted by Gasteiger charge is 2.37. The van der Waals surface area contributed by atoms with Gasteiger partial charge in [0.1, 0.15) is 11.6 Å². The summed E-state index contributed by atoms with van der Waals surface area (Å²) in [6.07, 6.45) is 4.55. The van der Waals surface area contributed by atoms with Crippen LogP contribution in [0.25, 0.3) is 0 Å². The molecule has 1 fully saturated rings. The topological polar surface area (TPSA) is 20.2 Å². The Morgan fingerprint density at radius 2 is 2.05 bits per heavy atom. The molecule has 4 heteroatoms. The fourth-order valence-corrected chi connectivity index (χ4v) is 3.34. The van der Waals surface area contributed by atoms with E-state index in [1.807, 2.05) is 0 Å². The SMILES string of the molecule is CCC1CCCC(O)(c2c(F)ccc(Br)c2F)CC1. The van der Waals surface area contributed by atoms with E-state index in [4.69, 9.17) is 0 Å². The summed E-state index contributed by atoms with van der Waals surface area (Å²) in [5, 5.41) is 10.7. The van der Waals surface area contributed by atoms with E-state index in [1.165, 1.54) is 12.1 Å². The first-order valence-corrected chi connectivity index (χ1v) is 7.63. The minimum Gasteiger partial charge on any atom is -0.385 e. The van der Waals surface area contributed by atoms with Crippen LogP contribution in [0.4, 0.5) is 8.78 Å². The van der Waals surface area contributed by atoms with Gasteiger partial charge in [-0.05, 0) is 59.7 Å². The van der Waals surface area contributed by atoms with Crippen LogP contribution in [0.2, 0.25) is 0 Å². The fraction of sp³-hybridized carbons (Fsp3) is 0.600. The minimum absolute atomic E-state index is 0.168. The normalized spacial score (nSPS) is 28.2. The third-order valence-corrected chi connectivity index (χ3v) is 4.87. The molecule has 19 heavy (non-hydrogen) atoms. The van der Waals surface area contributed by atoms with Crippen molar-refractivity contribution in [1.82, 2.24) is 0 Å². The molecule has 0 aliphatic heterocycles. The third kappa shape index (κ3) is 3.00. The molecule has 0 bridgehead atoms. The highest BCUT2D eigenvalue weighted by atomic mass is 79.9. The molecule has 0 radical (unpaired) electrons. The van der Waals surface area contributed by atoms with Crippen LogP contribution < -0.4 is 0 Å². The fourth-order valence-electron chi connectivity index (χ4n) is 3.01. The van der Waals surface area contributed by atoms with Crippen molar-refractivity contribution < 1.29 is 13.9 Å². The van der Waals surface area contributed by atoms with Crippen LogP contribution in [0.1, 0.15) is 51.0 Å². The molecule has 2 atom stereocenters. The maximum Gasteiger partial charge on any atom is 0.146 e. The van der Waals surface area contributed by atoms with Crippen molar-refractivity contribution in [2.45, 2.75) is 51.0 Å². The lowest BCUT2D eigenvalue weighted by atomic mass is 9.85. The van der Waals surface area contributed by atoms with E-state index in [0.29, 0.717) is 18.8 Å². The van der Waals surface area contributed by atoms with Gasteiger partial charge in [0.05, 0.1) is 15.6 Å². The van der Waals surface area contributed by atoms with Gasteiger partial charge in [-0.1, -0.05) is 19.8 Å². The van der Waals surface area contributed by atoms with Gasteiger partial charge in [0.15, 0.2) is 0 Å². The van der Waals surface area contributed by atoms with Crippen molar-refractivity contribution in [2.24, 2.45) is 5.92 Å². The van der Waals surface area contributed by atoms with E-state index in [9.17, 15) is 13.9 Å². The summed E-state index contributed by atoms with van der Waals surface area (Å²) in [6.45, 7) is 2.12. The van der Waals surface area contributed by atoms with Gasteiger partial charge < -0.3 is 5.11 Å². The first-order chi connectivity index (χ1) is 8.98. The Morgan fingerprint density at radius 3 is 2.74 bits per heavy atom. The highest BCUT2D eigenvalue weighted by molar-refractivity contribution is 9.10. The minimum atomic E-state index is -1.37. The average molecular weight is 333 g/mol. The molecule has 1 aliphatic rings. The number of hydrogen-bond donors (Lipinski definition) is 1. The lowest BCUT2D eigenvalue weighted by Gasteiger charge is -2.28. The van der Waals surface area contributed by atoms with Crippen LogP contribution in [-0.2, 0) is 5.60 Å². The van der Waals surface area contributed by atoms with E-state index in [1.54, 1.807) is 0 Å². The van der Waals surface area contributed by atoms with Crippen molar-refractivity contribution >= 4 is 15.9 Å². The predicted molar refractivity (Wildman–Crippen MR) is 74.8 cm³/mol. The van der Waals surface area contributed by atoms with Crippen LogP contribution in [0.5, 0.6) is 0 Å². The average Bonchev–Trinajstić information content (AvgIpc) is 2.57. The Morgan fingerprint density at radius 1 is 1.32 bits per heavy atom. The van der Waals surface area contributed by atoms with Crippen molar-refractivity contribution in [2.75, 3.05) is 0 Å². The van der Waals surface area contributed by atoms with Crippen molar-refractivity contribution in [3.8, 4) is 0 Å². The summed E-state index contributed by atoms with van der Waals surface area (Å²) in [6, 6.07) is 2.55. The first-order valence-electron chi connectivity index (χ1n) is 6.84. The van der Waals surface area contributed by atoms with Crippen LogP contribution in [0.15, 0.2) is 16.6 Å². The van der Waals surface area contributed by atoms with Gasteiger partial charge in [-0.25, -0.2) is 8.78 Å². The zero-order valence-electron chi connectivity index (χ0n) is 11.1. The van der Waals surface area contributed by atoms with Crippen LogP contribution in [0.3, 0.4) is 0 Å².